The lowest BCUT2D eigenvalue weighted by atomic mass is 9.95. The first-order chi connectivity index (χ1) is 7.72. The molecule has 0 unspecified atom stereocenters. The van der Waals surface area contributed by atoms with Crippen LogP contribution in [0, 0.1) is 6.92 Å². The van der Waals surface area contributed by atoms with Gasteiger partial charge in [-0.25, -0.2) is 4.79 Å². The van der Waals surface area contributed by atoms with Crippen molar-refractivity contribution >= 4 is 5.97 Å². The number of nitrogens with zero attached hydrogens (tertiary/aromatic N) is 1. The average molecular weight is 221 g/mol. The molecule has 0 spiro atoms. The van der Waals surface area contributed by atoms with Gasteiger partial charge in [0.05, 0.1) is 12.7 Å². The van der Waals surface area contributed by atoms with Crippen LogP contribution >= 0.6 is 0 Å². The van der Waals surface area contributed by atoms with E-state index in [4.69, 9.17) is 4.74 Å². The van der Waals surface area contributed by atoms with Crippen molar-refractivity contribution in [2.24, 2.45) is 0 Å². The van der Waals surface area contributed by atoms with Crippen LogP contribution in [0.2, 0.25) is 0 Å². The van der Waals surface area contributed by atoms with Crippen LogP contribution in [0.1, 0.15) is 54.2 Å². The van der Waals surface area contributed by atoms with E-state index in [2.05, 4.69) is 11.5 Å². The van der Waals surface area contributed by atoms with Gasteiger partial charge in [0, 0.05) is 17.9 Å². The molecule has 1 aliphatic carbocycles. The Morgan fingerprint density at radius 2 is 2.06 bits per heavy atom. The summed E-state index contributed by atoms with van der Waals surface area (Å²) in [6.07, 6.45) is 8.36. The zero-order chi connectivity index (χ0) is 11.5. The third kappa shape index (κ3) is 2.13. The molecule has 16 heavy (non-hydrogen) atoms. The number of ether oxygens (including phenoxy) is 1. The minimum absolute atomic E-state index is 0.238. The Morgan fingerprint density at radius 3 is 2.69 bits per heavy atom. The number of aromatic nitrogens is 1. The highest BCUT2D eigenvalue weighted by atomic mass is 16.5. The number of carbonyl (C=O) groups excluding carboxylic acids is 1. The summed E-state index contributed by atoms with van der Waals surface area (Å²) in [5, 5.41) is 0. The number of hydrogen-bond acceptors (Lipinski definition) is 2. The van der Waals surface area contributed by atoms with Crippen molar-refractivity contribution in [3.8, 4) is 0 Å². The van der Waals surface area contributed by atoms with Gasteiger partial charge < -0.3 is 9.30 Å². The van der Waals surface area contributed by atoms with Gasteiger partial charge in [0.15, 0.2) is 0 Å². The number of esters is 1. The Morgan fingerprint density at radius 1 is 1.38 bits per heavy atom. The van der Waals surface area contributed by atoms with Crippen molar-refractivity contribution in [2.45, 2.75) is 45.1 Å². The topological polar surface area (TPSA) is 31.2 Å². The maximum absolute atomic E-state index is 11.4. The predicted molar refractivity (Wildman–Crippen MR) is 62.6 cm³/mol. The van der Waals surface area contributed by atoms with Crippen LogP contribution in [-0.2, 0) is 4.74 Å². The number of methoxy groups -OCH3 is 1. The van der Waals surface area contributed by atoms with Gasteiger partial charge in [0.1, 0.15) is 0 Å². The van der Waals surface area contributed by atoms with E-state index in [1.54, 1.807) is 0 Å². The SMILES string of the molecule is COC(=O)c1cc(C)n(C2CCCCC2)c1. The third-order valence-electron chi connectivity index (χ3n) is 3.44. The smallest absolute Gasteiger partial charge is 0.339 e. The van der Waals surface area contributed by atoms with Crippen LogP contribution in [0.3, 0.4) is 0 Å². The normalized spacial score (nSPS) is 17.4. The lowest BCUT2D eigenvalue weighted by Gasteiger charge is -2.24. The Bertz CT molecular complexity index is 375. The van der Waals surface area contributed by atoms with Crippen molar-refractivity contribution in [3.05, 3.63) is 23.5 Å². The fourth-order valence-corrected chi connectivity index (χ4v) is 2.57. The minimum Gasteiger partial charge on any atom is -0.465 e. The van der Waals surface area contributed by atoms with Gasteiger partial charge in [-0.1, -0.05) is 19.3 Å². The summed E-state index contributed by atoms with van der Waals surface area (Å²) in [4.78, 5) is 11.4. The molecule has 1 heterocycles. The van der Waals surface area contributed by atoms with Crippen molar-refractivity contribution < 1.29 is 9.53 Å². The van der Waals surface area contributed by atoms with Gasteiger partial charge in [-0.05, 0) is 25.8 Å². The second kappa shape index (κ2) is 4.73. The quantitative estimate of drug-likeness (QED) is 0.719. The molecule has 0 radical (unpaired) electrons. The summed E-state index contributed by atoms with van der Waals surface area (Å²) in [7, 11) is 1.43. The molecule has 88 valence electrons. The molecule has 0 amide bonds. The molecule has 0 aromatic carbocycles. The van der Waals surface area contributed by atoms with Crippen LogP contribution in [0.25, 0.3) is 0 Å². The van der Waals surface area contributed by atoms with Crippen LogP contribution in [0.15, 0.2) is 12.3 Å². The molecule has 2 rings (SSSR count). The summed E-state index contributed by atoms with van der Waals surface area (Å²) < 4.78 is 6.98. The van der Waals surface area contributed by atoms with E-state index in [1.165, 1.54) is 39.2 Å². The molecule has 1 fully saturated rings. The number of rotatable bonds is 2. The van der Waals surface area contributed by atoms with Crippen molar-refractivity contribution in [1.82, 2.24) is 4.57 Å². The number of aryl methyl sites for hydroxylation is 1. The molecule has 1 aromatic heterocycles. The first kappa shape index (κ1) is 11.2. The molecule has 3 heteroatoms. The highest BCUT2D eigenvalue weighted by Gasteiger charge is 2.18. The van der Waals surface area contributed by atoms with Crippen molar-refractivity contribution in [3.63, 3.8) is 0 Å². The van der Waals surface area contributed by atoms with Gasteiger partial charge in [-0.3, -0.25) is 0 Å². The Kier molecular flexibility index (Phi) is 3.32. The third-order valence-corrected chi connectivity index (χ3v) is 3.44. The van der Waals surface area contributed by atoms with E-state index < -0.39 is 0 Å². The maximum atomic E-state index is 11.4. The average Bonchev–Trinajstić information content (AvgIpc) is 2.71. The fraction of sp³-hybridized carbons (Fsp3) is 0.615. The molecule has 1 aliphatic rings. The summed E-state index contributed by atoms with van der Waals surface area (Å²) in [6.45, 7) is 2.06. The minimum atomic E-state index is -0.238. The summed E-state index contributed by atoms with van der Waals surface area (Å²) in [5.41, 5.74) is 1.83. The lowest BCUT2D eigenvalue weighted by molar-refractivity contribution is 0.0600. The standard InChI is InChI=1S/C13H19NO2/c1-10-8-11(13(15)16-2)9-14(10)12-6-4-3-5-7-12/h8-9,12H,3-7H2,1-2H3. The first-order valence-corrected chi connectivity index (χ1v) is 5.99. The monoisotopic (exact) mass is 221 g/mol. The van der Waals surface area contributed by atoms with Gasteiger partial charge in [0.25, 0.3) is 0 Å². The van der Waals surface area contributed by atoms with E-state index in [9.17, 15) is 4.79 Å². The summed E-state index contributed by atoms with van der Waals surface area (Å²) in [6, 6.07) is 2.49. The molecule has 1 saturated carbocycles. The summed E-state index contributed by atoms with van der Waals surface area (Å²) in [5.74, 6) is -0.238. The van der Waals surface area contributed by atoms with E-state index in [0.717, 1.165) is 5.69 Å². The molecular weight excluding hydrogens is 202 g/mol. The first-order valence-electron chi connectivity index (χ1n) is 5.99. The van der Waals surface area contributed by atoms with Crippen molar-refractivity contribution in [1.29, 1.82) is 0 Å². The largest absolute Gasteiger partial charge is 0.465 e. The van der Waals surface area contributed by atoms with E-state index >= 15 is 0 Å². The predicted octanol–water partition coefficient (Wildman–Crippen LogP) is 3.09. The van der Waals surface area contributed by atoms with Crippen LogP contribution in [0.5, 0.6) is 0 Å². The Labute approximate surface area is 96.4 Å². The maximum Gasteiger partial charge on any atom is 0.339 e. The molecule has 3 nitrogen and oxygen atoms in total. The van der Waals surface area contributed by atoms with Crippen LogP contribution < -0.4 is 0 Å². The van der Waals surface area contributed by atoms with Gasteiger partial charge >= 0.3 is 5.97 Å². The van der Waals surface area contributed by atoms with Crippen molar-refractivity contribution in [2.75, 3.05) is 7.11 Å². The molecule has 1 aromatic rings. The second-order valence-corrected chi connectivity index (χ2v) is 4.56. The molecule has 0 bridgehead atoms. The van der Waals surface area contributed by atoms with E-state index in [1.807, 2.05) is 12.3 Å². The molecule has 0 aliphatic heterocycles. The van der Waals surface area contributed by atoms with Crippen LogP contribution in [0.4, 0.5) is 0 Å². The highest BCUT2D eigenvalue weighted by molar-refractivity contribution is 5.89. The van der Waals surface area contributed by atoms with Gasteiger partial charge in [-0.15, -0.1) is 0 Å². The molecule has 0 N–H and O–H groups in total. The van der Waals surface area contributed by atoms with Gasteiger partial charge in [0.2, 0.25) is 0 Å². The van der Waals surface area contributed by atoms with E-state index in [-0.39, 0.29) is 5.97 Å². The lowest BCUT2D eigenvalue weighted by Crippen LogP contribution is -2.13. The fourth-order valence-electron chi connectivity index (χ4n) is 2.57. The van der Waals surface area contributed by atoms with Crippen LogP contribution in [-0.4, -0.2) is 17.6 Å². The molecule has 0 atom stereocenters. The second-order valence-electron chi connectivity index (χ2n) is 4.56. The van der Waals surface area contributed by atoms with Gasteiger partial charge in [-0.2, -0.15) is 0 Å². The molecule has 0 saturated heterocycles. The zero-order valence-electron chi connectivity index (χ0n) is 10.0. The Hall–Kier alpha value is -1.25. The summed E-state index contributed by atoms with van der Waals surface area (Å²) >= 11 is 0. The number of hydrogen-bond donors (Lipinski definition) is 0. The highest BCUT2D eigenvalue weighted by Crippen LogP contribution is 2.30. The molecular formula is C13H19NO2. The van der Waals surface area contributed by atoms with E-state index in [0.29, 0.717) is 11.6 Å². The number of carbonyl (C=O) groups is 1. The Balaban J connectivity index is 2.20. The zero-order valence-corrected chi connectivity index (χ0v) is 10.0.